The van der Waals surface area contributed by atoms with Gasteiger partial charge in [-0.05, 0) is 56.8 Å². The van der Waals surface area contributed by atoms with E-state index < -0.39 is 0 Å². The third kappa shape index (κ3) is 2.69. The predicted octanol–water partition coefficient (Wildman–Crippen LogP) is 2.34. The van der Waals surface area contributed by atoms with Crippen molar-refractivity contribution in [1.29, 1.82) is 0 Å². The highest BCUT2D eigenvalue weighted by atomic mass is 15.3. The van der Waals surface area contributed by atoms with Crippen LogP contribution in [0, 0.1) is 5.92 Å². The molecule has 1 aromatic carbocycles. The SMILES string of the molecule is c1ccc(N2CCC(N3CCCC4CNCC43)CC2)cc1. The van der Waals surface area contributed by atoms with Gasteiger partial charge in [0.05, 0.1) is 0 Å². The third-order valence-corrected chi connectivity index (χ3v) is 5.78. The summed E-state index contributed by atoms with van der Waals surface area (Å²) < 4.78 is 0. The van der Waals surface area contributed by atoms with Gasteiger partial charge in [-0.3, -0.25) is 4.90 Å². The van der Waals surface area contributed by atoms with Crippen LogP contribution in [0.1, 0.15) is 25.7 Å². The van der Waals surface area contributed by atoms with Gasteiger partial charge < -0.3 is 10.2 Å². The molecule has 3 nitrogen and oxygen atoms in total. The number of nitrogens with one attached hydrogen (secondary N) is 1. The molecule has 0 aliphatic carbocycles. The normalized spacial score (nSPS) is 31.3. The Hall–Kier alpha value is -1.06. The van der Waals surface area contributed by atoms with Crippen LogP contribution in [0.5, 0.6) is 0 Å². The summed E-state index contributed by atoms with van der Waals surface area (Å²) in [6, 6.07) is 12.6. The molecular formula is C18H27N3. The number of nitrogens with zero attached hydrogens (tertiary/aromatic N) is 2. The van der Waals surface area contributed by atoms with Crippen molar-refractivity contribution in [3.63, 3.8) is 0 Å². The van der Waals surface area contributed by atoms with Gasteiger partial charge in [-0.15, -0.1) is 0 Å². The van der Waals surface area contributed by atoms with Crippen molar-refractivity contribution in [3.05, 3.63) is 30.3 Å². The number of rotatable bonds is 2. The Morgan fingerprint density at radius 2 is 1.71 bits per heavy atom. The minimum absolute atomic E-state index is 0.817. The van der Waals surface area contributed by atoms with E-state index in [-0.39, 0.29) is 0 Å². The molecule has 2 unspecified atom stereocenters. The molecular weight excluding hydrogens is 258 g/mol. The average molecular weight is 285 g/mol. The summed E-state index contributed by atoms with van der Waals surface area (Å²) in [6.07, 6.45) is 5.51. The Morgan fingerprint density at radius 3 is 2.52 bits per heavy atom. The summed E-state index contributed by atoms with van der Waals surface area (Å²) in [7, 11) is 0. The largest absolute Gasteiger partial charge is 0.371 e. The number of piperidine rings is 2. The van der Waals surface area contributed by atoms with Crippen molar-refractivity contribution in [2.24, 2.45) is 5.92 Å². The zero-order valence-corrected chi connectivity index (χ0v) is 12.9. The molecule has 1 N–H and O–H groups in total. The maximum absolute atomic E-state index is 3.62. The molecule has 1 aromatic rings. The predicted molar refractivity (Wildman–Crippen MR) is 87.8 cm³/mol. The molecule has 2 atom stereocenters. The van der Waals surface area contributed by atoms with Gasteiger partial charge in [-0.1, -0.05) is 18.2 Å². The number of hydrogen-bond acceptors (Lipinski definition) is 3. The van der Waals surface area contributed by atoms with E-state index in [9.17, 15) is 0 Å². The van der Waals surface area contributed by atoms with Crippen LogP contribution < -0.4 is 10.2 Å². The van der Waals surface area contributed by atoms with Gasteiger partial charge in [0.15, 0.2) is 0 Å². The van der Waals surface area contributed by atoms with Gasteiger partial charge in [0.25, 0.3) is 0 Å². The second kappa shape index (κ2) is 5.98. The van der Waals surface area contributed by atoms with Crippen LogP contribution in [0.25, 0.3) is 0 Å². The van der Waals surface area contributed by atoms with E-state index in [0.717, 1.165) is 18.0 Å². The quantitative estimate of drug-likeness (QED) is 0.900. The summed E-state index contributed by atoms with van der Waals surface area (Å²) in [4.78, 5) is 5.42. The van der Waals surface area contributed by atoms with Gasteiger partial charge in [-0.2, -0.15) is 0 Å². The minimum atomic E-state index is 0.817. The lowest BCUT2D eigenvalue weighted by atomic mass is 9.88. The highest BCUT2D eigenvalue weighted by molar-refractivity contribution is 5.46. The number of anilines is 1. The number of hydrogen-bond donors (Lipinski definition) is 1. The molecule has 0 aromatic heterocycles. The molecule has 3 heteroatoms. The van der Waals surface area contributed by atoms with Crippen LogP contribution in [0.3, 0.4) is 0 Å². The first-order chi connectivity index (χ1) is 10.4. The van der Waals surface area contributed by atoms with Crippen LogP contribution in [0.2, 0.25) is 0 Å². The highest BCUT2D eigenvalue weighted by Crippen LogP contribution is 2.31. The molecule has 4 rings (SSSR count). The van der Waals surface area contributed by atoms with Crippen molar-refractivity contribution < 1.29 is 0 Å². The van der Waals surface area contributed by atoms with Crippen LogP contribution in [-0.4, -0.2) is 49.7 Å². The Balaban J connectivity index is 1.39. The Morgan fingerprint density at radius 1 is 0.905 bits per heavy atom. The van der Waals surface area contributed by atoms with Crippen molar-refractivity contribution >= 4 is 5.69 Å². The Bertz CT molecular complexity index is 453. The van der Waals surface area contributed by atoms with Crippen molar-refractivity contribution in [1.82, 2.24) is 10.2 Å². The van der Waals surface area contributed by atoms with Crippen molar-refractivity contribution in [3.8, 4) is 0 Å². The summed E-state index contributed by atoms with van der Waals surface area (Å²) in [5, 5.41) is 3.62. The maximum Gasteiger partial charge on any atom is 0.0366 e. The van der Waals surface area contributed by atoms with E-state index in [0.29, 0.717) is 0 Å². The van der Waals surface area contributed by atoms with Gasteiger partial charge in [0, 0.05) is 37.4 Å². The van der Waals surface area contributed by atoms with Gasteiger partial charge >= 0.3 is 0 Å². The lowest BCUT2D eigenvalue weighted by Gasteiger charge is -2.45. The maximum atomic E-state index is 3.62. The second-order valence-corrected chi connectivity index (χ2v) is 6.92. The molecule has 3 saturated heterocycles. The summed E-state index contributed by atoms with van der Waals surface area (Å²) >= 11 is 0. The molecule has 0 spiro atoms. The van der Waals surface area contributed by atoms with E-state index in [2.05, 4.69) is 45.4 Å². The first kappa shape index (κ1) is 13.6. The summed E-state index contributed by atoms with van der Waals surface area (Å²) in [5.74, 6) is 0.922. The zero-order chi connectivity index (χ0) is 14.1. The molecule has 0 radical (unpaired) electrons. The fraction of sp³-hybridized carbons (Fsp3) is 0.667. The van der Waals surface area contributed by atoms with E-state index in [1.54, 1.807) is 0 Å². The standard InChI is InChI=1S/C18H27N3/c1-2-6-16(7-3-1)20-11-8-17(9-12-20)21-10-4-5-15-13-19-14-18(15)21/h1-3,6-7,15,17-19H,4-5,8-14H2. The smallest absolute Gasteiger partial charge is 0.0366 e. The lowest BCUT2D eigenvalue weighted by molar-refractivity contribution is 0.0647. The van der Waals surface area contributed by atoms with Crippen molar-refractivity contribution in [2.75, 3.05) is 37.6 Å². The van der Waals surface area contributed by atoms with Gasteiger partial charge in [0.2, 0.25) is 0 Å². The van der Waals surface area contributed by atoms with Crippen LogP contribution in [0.15, 0.2) is 30.3 Å². The van der Waals surface area contributed by atoms with E-state index >= 15 is 0 Å². The molecule has 21 heavy (non-hydrogen) atoms. The molecule has 114 valence electrons. The molecule has 0 saturated carbocycles. The monoisotopic (exact) mass is 285 g/mol. The lowest BCUT2D eigenvalue weighted by Crippen LogP contribution is -2.53. The topological polar surface area (TPSA) is 18.5 Å². The number of likely N-dealkylation sites (tertiary alicyclic amines) is 1. The Kier molecular flexibility index (Phi) is 3.87. The summed E-state index contributed by atoms with van der Waals surface area (Å²) in [5.41, 5.74) is 1.40. The summed E-state index contributed by atoms with van der Waals surface area (Å²) in [6.45, 7) is 6.25. The van der Waals surface area contributed by atoms with E-state index in [4.69, 9.17) is 0 Å². The van der Waals surface area contributed by atoms with Gasteiger partial charge in [0.1, 0.15) is 0 Å². The van der Waals surface area contributed by atoms with Crippen molar-refractivity contribution in [2.45, 2.75) is 37.8 Å². The second-order valence-electron chi connectivity index (χ2n) is 6.92. The van der Waals surface area contributed by atoms with E-state index in [1.165, 1.54) is 64.1 Å². The fourth-order valence-electron chi connectivity index (χ4n) is 4.65. The first-order valence-electron chi connectivity index (χ1n) is 8.68. The third-order valence-electron chi connectivity index (χ3n) is 5.78. The first-order valence-corrected chi connectivity index (χ1v) is 8.68. The number of fused-ring (bicyclic) bond motifs is 1. The van der Waals surface area contributed by atoms with Gasteiger partial charge in [-0.25, -0.2) is 0 Å². The molecule has 3 heterocycles. The van der Waals surface area contributed by atoms with Crippen LogP contribution in [-0.2, 0) is 0 Å². The highest BCUT2D eigenvalue weighted by Gasteiger charge is 2.38. The molecule has 0 bridgehead atoms. The van der Waals surface area contributed by atoms with Crippen LogP contribution >= 0.6 is 0 Å². The van der Waals surface area contributed by atoms with Crippen LogP contribution in [0.4, 0.5) is 5.69 Å². The number of para-hydroxylation sites is 1. The Labute approximate surface area is 128 Å². The molecule has 3 fully saturated rings. The average Bonchev–Trinajstić information content (AvgIpc) is 3.04. The number of benzene rings is 1. The zero-order valence-electron chi connectivity index (χ0n) is 12.9. The fourth-order valence-corrected chi connectivity index (χ4v) is 4.65. The molecule has 3 aliphatic rings. The minimum Gasteiger partial charge on any atom is -0.371 e. The molecule has 0 amide bonds. The van der Waals surface area contributed by atoms with E-state index in [1.807, 2.05) is 0 Å². The molecule has 3 aliphatic heterocycles.